The van der Waals surface area contributed by atoms with Crippen molar-refractivity contribution in [1.82, 2.24) is 0 Å². The maximum Gasteiger partial charge on any atom is 0.347 e. The largest absolute Gasteiger partial charge is 0.506 e. The molecule has 0 aliphatic rings. The Labute approximate surface area is 94.5 Å². The molecule has 17 heavy (non-hydrogen) atoms. The van der Waals surface area contributed by atoms with Crippen LogP contribution >= 0.6 is 0 Å². The van der Waals surface area contributed by atoms with E-state index in [0.29, 0.717) is 5.76 Å². The van der Waals surface area contributed by atoms with Crippen LogP contribution in [0.1, 0.15) is 5.76 Å². The van der Waals surface area contributed by atoms with Gasteiger partial charge in [-0.1, -0.05) is 0 Å². The molecule has 5 nitrogen and oxygen atoms in total. The molecule has 1 aromatic carbocycles. The van der Waals surface area contributed by atoms with Gasteiger partial charge in [0, 0.05) is 5.39 Å². The van der Waals surface area contributed by atoms with Gasteiger partial charge in [-0.05, 0) is 19.1 Å². The fourth-order valence-corrected chi connectivity index (χ4v) is 1.96. The number of benzene rings is 1. The SMILES string of the molecule is Cc1cc2c(O)c3occc3c(O)c2c(=O)o1. The first-order chi connectivity index (χ1) is 8.09. The molecule has 0 aliphatic carbocycles. The van der Waals surface area contributed by atoms with Gasteiger partial charge in [-0.3, -0.25) is 0 Å². The number of aromatic hydroxyl groups is 2. The average molecular weight is 232 g/mol. The number of phenols is 2. The summed E-state index contributed by atoms with van der Waals surface area (Å²) in [5.41, 5.74) is -0.532. The number of hydrogen-bond acceptors (Lipinski definition) is 5. The topological polar surface area (TPSA) is 83.8 Å². The van der Waals surface area contributed by atoms with Crippen LogP contribution in [0.25, 0.3) is 21.7 Å². The van der Waals surface area contributed by atoms with Gasteiger partial charge < -0.3 is 19.0 Å². The van der Waals surface area contributed by atoms with Gasteiger partial charge in [0.05, 0.1) is 11.6 Å². The summed E-state index contributed by atoms with van der Waals surface area (Å²) in [5, 5.41) is 20.4. The van der Waals surface area contributed by atoms with Gasteiger partial charge in [0.1, 0.15) is 16.9 Å². The van der Waals surface area contributed by atoms with Crippen LogP contribution in [0, 0.1) is 6.92 Å². The Morgan fingerprint density at radius 2 is 1.94 bits per heavy atom. The minimum absolute atomic E-state index is 0.0398. The van der Waals surface area contributed by atoms with Crippen LogP contribution in [0.4, 0.5) is 0 Å². The molecule has 0 radical (unpaired) electrons. The van der Waals surface area contributed by atoms with Crippen LogP contribution in [0.3, 0.4) is 0 Å². The first-order valence-corrected chi connectivity index (χ1v) is 4.95. The Morgan fingerprint density at radius 3 is 2.71 bits per heavy atom. The Balaban J connectivity index is 2.73. The lowest BCUT2D eigenvalue weighted by Crippen LogP contribution is -2.00. The molecule has 0 aliphatic heterocycles. The van der Waals surface area contributed by atoms with Crippen molar-refractivity contribution in [3.8, 4) is 11.5 Å². The van der Waals surface area contributed by atoms with Crippen molar-refractivity contribution in [2.45, 2.75) is 6.92 Å². The molecule has 0 spiro atoms. The van der Waals surface area contributed by atoms with Gasteiger partial charge in [0.2, 0.25) is 0 Å². The fraction of sp³-hybridized carbons (Fsp3) is 0.0833. The first-order valence-electron chi connectivity index (χ1n) is 4.95. The van der Waals surface area contributed by atoms with Crippen molar-refractivity contribution in [3.63, 3.8) is 0 Å². The maximum atomic E-state index is 11.7. The Hall–Kier alpha value is -2.43. The average Bonchev–Trinajstić information content (AvgIpc) is 2.74. The van der Waals surface area contributed by atoms with Gasteiger partial charge in [-0.2, -0.15) is 0 Å². The van der Waals surface area contributed by atoms with Crippen molar-refractivity contribution in [3.05, 3.63) is 34.6 Å². The minimum Gasteiger partial charge on any atom is -0.506 e. The molecule has 2 heterocycles. The number of rotatable bonds is 0. The van der Waals surface area contributed by atoms with Crippen molar-refractivity contribution < 1.29 is 19.0 Å². The van der Waals surface area contributed by atoms with Gasteiger partial charge in [-0.25, -0.2) is 4.79 Å². The number of hydrogen-bond donors (Lipinski definition) is 2. The molecule has 2 aromatic heterocycles. The van der Waals surface area contributed by atoms with Crippen LogP contribution in [0.2, 0.25) is 0 Å². The molecule has 86 valence electrons. The summed E-state index contributed by atoms with van der Waals surface area (Å²) in [6, 6.07) is 2.96. The maximum absolute atomic E-state index is 11.7. The van der Waals surface area contributed by atoms with Crippen LogP contribution < -0.4 is 5.63 Å². The van der Waals surface area contributed by atoms with E-state index >= 15 is 0 Å². The monoisotopic (exact) mass is 232 g/mol. The molecule has 5 heteroatoms. The summed E-state index contributed by atoms with van der Waals surface area (Å²) >= 11 is 0. The molecule has 0 atom stereocenters. The van der Waals surface area contributed by atoms with Crippen LogP contribution in [0.5, 0.6) is 11.5 Å². The van der Waals surface area contributed by atoms with Gasteiger partial charge >= 0.3 is 5.63 Å². The summed E-state index contributed by atoms with van der Waals surface area (Å²) in [6.45, 7) is 1.59. The second-order valence-corrected chi connectivity index (χ2v) is 3.79. The van der Waals surface area contributed by atoms with Gasteiger partial charge in [0.15, 0.2) is 11.3 Å². The summed E-state index contributed by atoms with van der Waals surface area (Å²) in [4.78, 5) is 11.7. The summed E-state index contributed by atoms with van der Waals surface area (Å²) < 4.78 is 9.97. The van der Waals surface area contributed by atoms with Gasteiger partial charge in [0.25, 0.3) is 0 Å². The van der Waals surface area contributed by atoms with E-state index in [1.54, 1.807) is 6.92 Å². The van der Waals surface area contributed by atoms with Crippen LogP contribution in [0.15, 0.2) is 32.0 Å². The summed E-state index contributed by atoms with van der Waals surface area (Å²) in [7, 11) is 0. The zero-order valence-corrected chi connectivity index (χ0v) is 8.85. The highest BCUT2D eigenvalue weighted by Gasteiger charge is 2.18. The lowest BCUT2D eigenvalue weighted by Gasteiger charge is -2.04. The molecule has 0 bridgehead atoms. The smallest absolute Gasteiger partial charge is 0.347 e. The number of phenolic OH excluding ortho intramolecular Hbond substituents is 2. The molecule has 0 amide bonds. The quantitative estimate of drug-likeness (QED) is 0.581. The normalized spacial score (nSPS) is 11.4. The van der Waals surface area contributed by atoms with E-state index in [0.717, 1.165) is 0 Å². The summed E-state index contributed by atoms with van der Waals surface area (Å²) in [6.07, 6.45) is 1.33. The van der Waals surface area contributed by atoms with E-state index in [9.17, 15) is 15.0 Å². The Kier molecular flexibility index (Phi) is 1.75. The predicted octanol–water partition coefficient (Wildman–Crippen LogP) is 2.26. The molecule has 2 N–H and O–H groups in total. The number of fused-ring (bicyclic) bond motifs is 2. The molecular formula is C12H8O5. The molecular weight excluding hydrogens is 224 g/mol. The second-order valence-electron chi connectivity index (χ2n) is 3.79. The highest BCUT2D eigenvalue weighted by atomic mass is 16.4. The van der Waals surface area contributed by atoms with Crippen molar-refractivity contribution in [2.24, 2.45) is 0 Å². The van der Waals surface area contributed by atoms with E-state index < -0.39 is 5.63 Å². The van der Waals surface area contributed by atoms with Crippen LogP contribution in [-0.2, 0) is 0 Å². The molecule has 0 fully saturated rings. The summed E-state index contributed by atoms with van der Waals surface area (Å²) in [5.74, 6) is -0.0628. The molecule has 0 saturated carbocycles. The molecule has 3 aromatic rings. The molecule has 3 rings (SSSR count). The van der Waals surface area contributed by atoms with E-state index in [4.69, 9.17) is 8.83 Å². The Bertz CT molecular complexity index is 794. The minimum atomic E-state index is -0.684. The number of furan rings is 1. The lowest BCUT2D eigenvalue weighted by molar-refractivity contribution is 0.456. The third-order valence-electron chi connectivity index (χ3n) is 2.70. The van der Waals surface area contributed by atoms with E-state index in [-0.39, 0.29) is 33.2 Å². The first kappa shape index (κ1) is 9.77. The molecule has 0 unspecified atom stereocenters. The van der Waals surface area contributed by atoms with E-state index in [2.05, 4.69) is 0 Å². The predicted molar refractivity (Wildman–Crippen MR) is 60.3 cm³/mol. The van der Waals surface area contributed by atoms with Crippen molar-refractivity contribution in [1.29, 1.82) is 0 Å². The third-order valence-corrected chi connectivity index (χ3v) is 2.70. The lowest BCUT2D eigenvalue weighted by atomic mass is 10.1. The second kappa shape index (κ2) is 3.04. The highest BCUT2D eigenvalue weighted by molar-refractivity contribution is 6.08. The fourth-order valence-electron chi connectivity index (χ4n) is 1.96. The standard InChI is InChI=1S/C12H8O5/c1-5-4-7-8(12(15)17-5)9(13)6-2-3-16-11(6)10(7)14/h2-4,13-14H,1H3. The number of aryl methyl sites for hydroxylation is 1. The zero-order chi connectivity index (χ0) is 12.2. The van der Waals surface area contributed by atoms with Crippen molar-refractivity contribution in [2.75, 3.05) is 0 Å². The Morgan fingerprint density at radius 1 is 1.18 bits per heavy atom. The van der Waals surface area contributed by atoms with E-state index in [1.165, 1.54) is 18.4 Å². The molecule has 0 saturated heterocycles. The third kappa shape index (κ3) is 1.16. The van der Waals surface area contributed by atoms with Crippen molar-refractivity contribution >= 4 is 21.7 Å². The van der Waals surface area contributed by atoms with E-state index in [1.807, 2.05) is 0 Å². The zero-order valence-electron chi connectivity index (χ0n) is 8.85. The highest BCUT2D eigenvalue weighted by Crippen LogP contribution is 2.40. The van der Waals surface area contributed by atoms with Crippen LogP contribution in [-0.4, -0.2) is 10.2 Å². The van der Waals surface area contributed by atoms with Gasteiger partial charge in [-0.15, -0.1) is 0 Å².